The zero-order chi connectivity index (χ0) is 28.6. The Hall–Kier alpha value is -3.62. The van der Waals surface area contributed by atoms with Crippen molar-refractivity contribution >= 4 is 18.1 Å². The number of methoxy groups -OCH3 is 1. The van der Waals surface area contributed by atoms with Gasteiger partial charge in [0.15, 0.2) is 0 Å². The fourth-order valence-electron chi connectivity index (χ4n) is 3.90. The van der Waals surface area contributed by atoms with Gasteiger partial charge in [0.05, 0.1) is 19.3 Å². The van der Waals surface area contributed by atoms with Crippen molar-refractivity contribution in [2.75, 3.05) is 13.7 Å². The van der Waals surface area contributed by atoms with Crippen molar-refractivity contribution in [2.24, 2.45) is 0 Å². The first-order valence-corrected chi connectivity index (χ1v) is 12.7. The van der Waals surface area contributed by atoms with Gasteiger partial charge in [-0.05, 0) is 44.4 Å². The molecule has 0 aliphatic heterocycles. The molecule has 38 heavy (non-hydrogen) atoms. The van der Waals surface area contributed by atoms with Crippen LogP contribution in [0.4, 0.5) is 0 Å². The summed E-state index contributed by atoms with van der Waals surface area (Å²) in [6.45, 7) is 10.3. The number of benzene rings is 2. The maximum atomic E-state index is 13.6. The van der Waals surface area contributed by atoms with Crippen molar-refractivity contribution in [3.63, 3.8) is 0 Å². The first-order chi connectivity index (χ1) is 18.3. The molecule has 1 fully saturated rings. The summed E-state index contributed by atoms with van der Waals surface area (Å²) in [6, 6.07) is 13.5. The average Bonchev–Trinajstić information content (AvgIpc) is 3.76. The predicted octanol–water partition coefficient (Wildman–Crippen LogP) is 5.56. The van der Waals surface area contributed by atoms with E-state index in [1.54, 1.807) is 49.6 Å². The van der Waals surface area contributed by atoms with Gasteiger partial charge in [-0.1, -0.05) is 62.6 Å². The molecular weight excluding hydrogens is 486 g/mol. The summed E-state index contributed by atoms with van der Waals surface area (Å²) in [7, 11) is 1.59. The van der Waals surface area contributed by atoms with E-state index in [0.29, 0.717) is 23.7 Å². The van der Waals surface area contributed by atoms with Crippen LogP contribution in [0.2, 0.25) is 0 Å². The Bertz CT molecular complexity index is 1010. The molecule has 8 heteroatoms. The van der Waals surface area contributed by atoms with Gasteiger partial charge in [-0.3, -0.25) is 14.5 Å². The molecule has 2 aromatic carbocycles. The minimum atomic E-state index is -2.45. The number of amides is 1. The number of carbonyl (C=O) groups is 2. The molecule has 0 heterocycles. The largest absolute Gasteiger partial charge is 0.496 e. The van der Waals surface area contributed by atoms with E-state index in [0.717, 1.165) is 44.1 Å². The van der Waals surface area contributed by atoms with E-state index < -0.39 is 11.8 Å². The zero-order valence-electron chi connectivity index (χ0n) is 22.6. The molecule has 8 nitrogen and oxygen atoms in total. The van der Waals surface area contributed by atoms with Crippen LogP contribution in [0.1, 0.15) is 73.9 Å². The van der Waals surface area contributed by atoms with Crippen LogP contribution < -0.4 is 4.74 Å². The monoisotopic (exact) mass is 527 g/mol. The van der Waals surface area contributed by atoms with Crippen LogP contribution in [0, 0.1) is 0 Å². The van der Waals surface area contributed by atoms with Crippen LogP contribution >= 0.6 is 0 Å². The van der Waals surface area contributed by atoms with E-state index in [2.05, 4.69) is 20.1 Å². The first kappa shape index (κ1) is 32.4. The van der Waals surface area contributed by atoms with Gasteiger partial charge in [-0.15, -0.1) is 13.2 Å². The molecule has 0 unspecified atom stereocenters. The van der Waals surface area contributed by atoms with Gasteiger partial charge in [0.1, 0.15) is 11.5 Å². The summed E-state index contributed by atoms with van der Waals surface area (Å²) in [5, 5.41) is 29.2. The molecule has 0 bridgehead atoms. The van der Waals surface area contributed by atoms with Gasteiger partial charge >= 0.3 is 0 Å². The molecular formula is C30H41NO7. The topological polar surface area (TPSA) is 117 Å². The quantitative estimate of drug-likeness (QED) is 0.109. The molecule has 0 spiro atoms. The van der Waals surface area contributed by atoms with E-state index >= 15 is 0 Å². The SMILES string of the molecule is C/C=C(\OC)c1ccc(C(O)(O)N(C(=O)c2ccccc2OCCCCCC)C2CC2)cc1.C=C.O=CO. The molecule has 208 valence electrons. The van der Waals surface area contributed by atoms with E-state index in [1.807, 2.05) is 19.1 Å². The maximum absolute atomic E-state index is 13.6. The molecule has 1 aliphatic rings. The number of para-hydroxylation sites is 1. The lowest BCUT2D eigenvalue weighted by Gasteiger charge is -2.36. The Morgan fingerprint density at radius 3 is 2.21 bits per heavy atom. The van der Waals surface area contributed by atoms with E-state index in [9.17, 15) is 15.0 Å². The predicted molar refractivity (Wildman–Crippen MR) is 148 cm³/mol. The minimum Gasteiger partial charge on any atom is -0.496 e. The summed E-state index contributed by atoms with van der Waals surface area (Å²) in [4.78, 5) is 23.1. The second kappa shape index (κ2) is 17.0. The molecule has 0 aromatic heterocycles. The molecule has 3 rings (SSSR count). The van der Waals surface area contributed by atoms with Crippen LogP contribution in [0.25, 0.3) is 5.76 Å². The average molecular weight is 528 g/mol. The summed E-state index contributed by atoms with van der Waals surface area (Å²) in [6.07, 6.45) is 7.55. The van der Waals surface area contributed by atoms with Crippen LogP contribution in [-0.2, 0) is 15.4 Å². The number of allylic oxidation sites excluding steroid dienone is 1. The minimum absolute atomic E-state index is 0.219. The smallest absolute Gasteiger partial charge is 0.290 e. The highest BCUT2D eigenvalue weighted by atomic mass is 16.5. The molecule has 3 N–H and O–H groups in total. The second-order valence-electron chi connectivity index (χ2n) is 8.49. The molecule has 0 saturated heterocycles. The number of hydrogen-bond donors (Lipinski definition) is 3. The lowest BCUT2D eigenvalue weighted by molar-refractivity contribution is -0.259. The molecule has 1 aliphatic carbocycles. The highest BCUT2D eigenvalue weighted by molar-refractivity contribution is 5.97. The highest BCUT2D eigenvalue weighted by Gasteiger charge is 2.47. The number of ether oxygens (including phenoxy) is 2. The second-order valence-corrected chi connectivity index (χ2v) is 8.49. The summed E-state index contributed by atoms with van der Waals surface area (Å²) < 4.78 is 11.2. The van der Waals surface area contributed by atoms with Gasteiger partial charge in [0, 0.05) is 17.2 Å². The Morgan fingerprint density at radius 1 is 1.08 bits per heavy atom. The highest BCUT2D eigenvalue weighted by Crippen LogP contribution is 2.38. The van der Waals surface area contributed by atoms with Crippen LogP contribution in [0.3, 0.4) is 0 Å². The van der Waals surface area contributed by atoms with E-state index in [1.165, 1.54) is 4.90 Å². The number of rotatable bonds is 12. The van der Waals surface area contributed by atoms with Crippen molar-refractivity contribution < 1.29 is 34.4 Å². The van der Waals surface area contributed by atoms with Crippen LogP contribution in [0.5, 0.6) is 5.75 Å². The molecule has 1 amide bonds. The fourth-order valence-corrected chi connectivity index (χ4v) is 3.90. The Kier molecular flexibility index (Phi) is 14.5. The number of aliphatic hydroxyl groups is 2. The Morgan fingerprint density at radius 2 is 1.68 bits per heavy atom. The van der Waals surface area contributed by atoms with Gasteiger partial charge in [0.2, 0.25) is 0 Å². The first-order valence-electron chi connectivity index (χ1n) is 12.7. The number of carbonyl (C=O) groups excluding carboxylic acids is 1. The molecule has 2 aromatic rings. The molecule has 0 radical (unpaired) electrons. The van der Waals surface area contributed by atoms with Gasteiger partial charge in [0.25, 0.3) is 18.3 Å². The van der Waals surface area contributed by atoms with Crippen LogP contribution in [0.15, 0.2) is 67.8 Å². The van der Waals surface area contributed by atoms with E-state index in [4.69, 9.17) is 19.4 Å². The fraction of sp³-hybridized carbons (Fsp3) is 0.400. The lowest BCUT2D eigenvalue weighted by Crippen LogP contribution is -2.51. The zero-order valence-corrected chi connectivity index (χ0v) is 22.6. The maximum Gasteiger partial charge on any atom is 0.290 e. The van der Waals surface area contributed by atoms with Crippen molar-refractivity contribution in [3.05, 3.63) is 84.5 Å². The van der Waals surface area contributed by atoms with Crippen molar-refractivity contribution in [1.82, 2.24) is 4.90 Å². The number of unbranched alkanes of at least 4 members (excludes halogenated alkanes) is 3. The third-order valence-electron chi connectivity index (χ3n) is 5.88. The van der Waals surface area contributed by atoms with Gasteiger partial charge in [-0.2, -0.15) is 0 Å². The van der Waals surface area contributed by atoms with E-state index in [-0.39, 0.29) is 18.1 Å². The molecule has 1 saturated carbocycles. The molecule has 0 atom stereocenters. The number of hydrogen-bond acceptors (Lipinski definition) is 6. The summed E-state index contributed by atoms with van der Waals surface area (Å²) in [5.74, 6) is -1.76. The standard InChI is InChI=1S/C27H35NO5.C2H4.CH2O2/c1-4-6-7-10-19-33-25-12-9-8-11-23(25)26(29)28(22-17-18-22)27(30,31)21-15-13-20(14-16-21)24(5-2)32-3;1-2;2-1-3/h5,8-9,11-16,22,30-31H,4,6-7,10,17-19H2,1-3H3;1-2H2;1H,(H,2,3)/b24-5-;;. The normalized spacial score (nSPS) is 12.7. The lowest BCUT2D eigenvalue weighted by atomic mass is 10.0. The van der Waals surface area contributed by atoms with Crippen molar-refractivity contribution in [2.45, 2.75) is 64.3 Å². The Labute approximate surface area is 225 Å². The summed E-state index contributed by atoms with van der Waals surface area (Å²) in [5.41, 5.74) is 1.36. The number of carboxylic acid groups (broad SMARTS) is 1. The Balaban J connectivity index is 0.00000135. The van der Waals surface area contributed by atoms with Gasteiger partial charge < -0.3 is 24.8 Å². The van der Waals surface area contributed by atoms with Crippen molar-refractivity contribution in [1.29, 1.82) is 0 Å². The third kappa shape index (κ3) is 9.04. The third-order valence-corrected chi connectivity index (χ3v) is 5.88. The number of nitrogens with zero attached hydrogens (tertiary/aromatic N) is 1. The van der Waals surface area contributed by atoms with Crippen molar-refractivity contribution in [3.8, 4) is 5.75 Å². The summed E-state index contributed by atoms with van der Waals surface area (Å²) >= 11 is 0. The van der Waals surface area contributed by atoms with Gasteiger partial charge in [-0.25, -0.2) is 0 Å². The van der Waals surface area contributed by atoms with Crippen LogP contribution in [-0.4, -0.2) is 52.4 Å².